The summed E-state index contributed by atoms with van der Waals surface area (Å²) in [6, 6.07) is 12.1. The fraction of sp³-hybridized carbons (Fsp3) is 0.484. The highest BCUT2D eigenvalue weighted by Gasteiger charge is 2.46. The van der Waals surface area contributed by atoms with Gasteiger partial charge in [-0.15, -0.1) is 0 Å². The van der Waals surface area contributed by atoms with E-state index in [1.807, 2.05) is 44.2 Å². The zero-order valence-electron chi connectivity index (χ0n) is 23.5. The Morgan fingerprint density at radius 1 is 0.947 bits per heavy atom. The van der Waals surface area contributed by atoms with Gasteiger partial charge in [0.2, 0.25) is 0 Å². The molecule has 38 heavy (non-hydrogen) atoms. The van der Waals surface area contributed by atoms with E-state index in [9.17, 15) is 14.7 Å². The van der Waals surface area contributed by atoms with Crippen LogP contribution >= 0.6 is 0 Å². The lowest BCUT2D eigenvalue weighted by molar-refractivity contribution is -0.140. The number of carbonyl (C=O) groups is 2. The molecule has 1 amide bonds. The number of carbonyl (C=O) groups excluding carboxylic acids is 2. The van der Waals surface area contributed by atoms with Crippen LogP contribution in [0.25, 0.3) is 5.76 Å². The normalized spacial score (nSPS) is 16.9. The van der Waals surface area contributed by atoms with Crippen LogP contribution < -0.4 is 9.47 Å². The van der Waals surface area contributed by atoms with E-state index in [-0.39, 0.29) is 11.3 Å². The molecule has 7 heteroatoms. The van der Waals surface area contributed by atoms with Crippen LogP contribution in [0.3, 0.4) is 0 Å². The third kappa shape index (κ3) is 6.76. The number of nitrogens with zero attached hydrogens (tertiary/aromatic N) is 2. The van der Waals surface area contributed by atoms with Gasteiger partial charge < -0.3 is 24.4 Å². The number of hydrogen-bond donors (Lipinski definition) is 1. The maximum absolute atomic E-state index is 13.4. The first kappa shape index (κ1) is 29.2. The van der Waals surface area contributed by atoms with E-state index in [1.165, 1.54) is 0 Å². The fourth-order valence-corrected chi connectivity index (χ4v) is 4.74. The van der Waals surface area contributed by atoms with Crippen molar-refractivity contribution in [3.63, 3.8) is 0 Å². The smallest absolute Gasteiger partial charge is 0.295 e. The van der Waals surface area contributed by atoms with Crippen molar-refractivity contribution in [1.29, 1.82) is 0 Å². The minimum Gasteiger partial charge on any atom is -0.507 e. The molecule has 0 bridgehead atoms. The Labute approximate surface area is 227 Å². The summed E-state index contributed by atoms with van der Waals surface area (Å²) >= 11 is 0. The molecule has 0 saturated carbocycles. The van der Waals surface area contributed by atoms with Gasteiger partial charge in [-0.3, -0.25) is 9.59 Å². The molecule has 1 unspecified atom stereocenters. The second kappa shape index (κ2) is 14.0. The molecule has 0 aliphatic carbocycles. The van der Waals surface area contributed by atoms with Crippen molar-refractivity contribution in [2.75, 3.05) is 39.4 Å². The summed E-state index contributed by atoms with van der Waals surface area (Å²) in [5.41, 5.74) is 2.34. The Morgan fingerprint density at radius 2 is 1.66 bits per heavy atom. The highest BCUT2D eigenvalue weighted by molar-refractivity contribution is 6.46. The molecular weight excluding hydrogens is 480 g/mol. The van der Waals surface area contributed by atoms with Gasteiger partial charge in [0.1, 0.15) is 5.76 Å². The molecule has 1 N–H and O–H groups in total. The summed E-state index contributed by atoms with van der Waals surface area (Å²) < 4.78 is 11.8. The van der Waals surface area contributed by atoms with Gasteiger partial charge in [0, 0.05) is 12.1 Å². The third-order valence-corrected chi connectivity index (χ3v) is 6.97. The second-order valence-corrected chi connectivity index (χ2v) is 9.58. The summed E-state index contributed by atoms with van der Waals surface area (Å²) in [7, 11) is 0. The highest BCUT2D eigenvalue weighted by Crippen LogP contribution is 2.42. The molecule has 206 valence electrons. The van der Waals surface area contributed by atoms with Crippen LogP contribution in [-0.2, 0) is 9.59 Å². The number of benzene rings is 2. The van der Waals surface area contributed by atoms with Crippen LogP contribution in [0.4, 0.5) is 0 Å². The van der Waals surface area contributed by atoms with E-state index < -0.39 is 17.7 Å². The summed E-state index contributed by atoms with van der Waals surface area (Å²) in [6.45, 7) is 14.3. The average molecular weight is 523 g/mol. The minimum absolute atomic E-state index is 0.101. The number of unbranched alkanes of at least 4 members (excludes halogenated alkanes) is 1. The molecule has 0 spiro atoms. The number of amides is 1. The maximum Gasteiger partial charge on any atom is 0.295 e. The van der Waals surface area contributed by atoms with E-state index in [2.05, 4.69) is 25.7 Å². The number of hydrogen-bond acceptors (Lipinski definition) is 6. The number of ether oxygens (including phenoxy) is 2. The molecule has 0 aromatic heterocycles. The third-order valence-electron chi connectivity index (χ3n) is 6.97. The predicted octanol–water partition coefficient (Wildman–Crippen LogP) is 5.73. The first-order valence-electron chi connectivity index (χ1n) is 13.8. The van der Waals surface area contributed by atoms with Gasteiger partial charge in [-0.05, 0) is 64.0 Å². The highest BCUT2D eigenvalue weighted by atomic mass is 16.5. The van der Waals surface area contributed by atoms with Gasteiger partial charge in [-0.25, -0.2) is 0 Å². The van der Waals surface area contributed by atoms with Crippen LogP contribution in [0, 0.1) is 6.92 Å². The second-order valence-electron chi connectivity index (χ2n) is 9.58. The number of ketones is 1. The molecule has 1 atom stereocenters. The minimum atomic E-state index is -0.725. The topological polar surface area (TPSA) is 79.3 Å². The van der Waals surface area contributed by atoms with Gasteiger partial charge >= 0.3 is 0 Å². The monoisotopic (exact) mass is 522 g/mol. The molecule has 1 saturated heterocycles. The Balaban J connectivity index is 2.07. The lowest BCUT2D eigenvalue weighted by atomic mass is 9.94. The summed E-state index contributed by atoms with van der Waals surface area (Å²) in [4.78, 5) is 30.6. The molecule has 1 heterocycles. The Kier molecular flexibility index (Phi) is 10.8. The number of aliphatic hydroxyl groups excluding tert-OH is 1. The van der Waals surface area contributed by atoms with Gasteiger partial charge in [-0.1, -0.05) is 63.1 Å². The van der Waals surface area contributed by atoms with Crippen LogP contribution in [0.2, 0.25) is 0 Å². The van der Waals surface area contributed by atoms with Crippen molar-refractivity contribution < 1.29 is 24.2 Å². The lowest BCUT2D eigenvalue weighted by Crippen LogP contribution is -2.33. The Morgan fingerprint density at radius 3 is 2.29 bits per heavy atom. The average Bonchev–Trinajstić information content (AvgIpc) is 3.17. The zero-order valence-corrected chi connectivity index (χ0v) is 23.5. The fourth-order valence-electron chi connectivity index (χ4n) is 4.74. The molecule has 7 nitrogen and oxygen atoms in total. The summed E-state index contributed by atoms with van der Waals surface area (Å²) in [5, 5.41) is 11.3. The van der Waals surface area contributed by atoms with Crippen LogP contribution in [0.15, 0.2) is 48.0 Å². The largest absolute Gasteiger partial charge is 0.507 e. The molecule has 3 rings (SSSR count). The quantitative estimate of drug-likeness (QED) is 0.148. The first-order chi connectivity index (χ1) is 18.4. The van der Waals surface area contributed by atoms with Crippen LogP contribution in [0.5, 0.6) is 11.5 Å². The van der Waals surface area contributed by atoms with E-state index in [4.69, 9.17) is 9.47 Å². The number of Topliss-reactive ketones (excluding diaryl/α,β-unsaturated/α-hetero) is 1. The molecule has 1 fully saturated rings. The predicted molar refractivity (Wildman–Crippen MR) is 151 cm³/mol. The molecule has 1 aliphatic rings. The summed E-state index contributed by atoms with van der Waals surface area (Å²) in [6.07, 6.45) is 2.66. The van der Waals surface area contributed by atoms with E-state index in [1.54, 1.807) is 17.0 Å². The summed E-state index contributed by atoms with van der Waals surface area (Å²) in [5.74, 6) is -0.242. The Bertz CT molecular complexity index is 1120. The molecule has 2 aromatic carbocycles. The maximum atomic E-state index is 13.4. The van der Waals surface area contributed by atoms with E-state index in [0.29, 0.717) is 48.8 Å². The van der Waals surface area contributed by atoms with Gasteiger partial charge in [0.05, 0.1) is 24.8 Å². The number of aryl methyl sites for hydroxylation is 1. The lowest BCUT2D eigenvalue weighted by Gasteiger charge is -2.27. The van der Waals surface area contributed by atoms with E-state index in [0.717, 1.165) is 38.0 Å². The van der Waals surface area contributed by atoms with Crippen molar-refractivity contribution in [3.8, 4) is 11.5 Å². The van der Waals surface area contributed by atoms with Gasteiger partial charge in [-0.2, -0.15) is 0 Å². The Hall–Kier alpha value is -3.32. The molecule has 2 aromatic rings. The van der Waals surface area contributed by atoms with Crippen molar-refractivity contribution in [3.05, 3.63) is 64.7 Å². The molecule has 0 radical (unpaired) electrons. The molecule has 1 aliphatic heterocycles. The van der Waals surface area contributed by atoms with Gasteiger partial charge in [0.15, 0.2) is 11.5 Å². The zero-order chi connectivity index (χ0) is 27.7. The van der Waals surface area contributed by atoms with Gasteiger partial charge in [0.25, 0.3) is 11.7 Å². The first-order valence-corrected chi connectivity index (χ1v) is 13.8. The molecular formula is C31H42N2O5. The van der Waals surface area contributed by atoms with Crippen molar-refractivity contribution in [1.82, 2.24) is 9.80 Å². The van der Waals surface area contributed by atoms with Crippen molar-refractivity contribution >= 4 is 17.4 Å². The van der Waals surface area contributed by atoms with Crippen molar-refractivity contribution in [2.45, 2.75) is 59.9 Å². The van der Waals surface area contributed by atoms with Crippen molar-refractivity contribution in [2.24, 2.45) is 0 Å². The van der Waals surface area contributed by atoms with Crippen LogP contribution in [-0.4, -0.2) is 66.0 Å². The number of likely N-dealkylation sites (tertiary alicyclic amines) is 1. The number of aliphatic hydroxyl groups is 1. The standard InChI is InChI=1S/C31H42N2O5/c1-6-10-20-38-25-17-16-24(21-26(25)37-9-4)28-27(29(34)23-14-12-22(5)13-15-23)30(35)31(36)33(28)19-11-18-32(7-2)8-3/h12-17,21,28,34H,6-11,18-20H2,1-5H3. The van der Waals surface area contributed by atoms with Crippen LogP contribution in [0.1, 0.15) is 69.7 Å². The SMILES string of the molecule is CCCCOc1ccc(C2C(=C(O)c3ccc(C)cc3)C(=O)C(=O)N2CCCN(CC)CC)cc1OCC. The number of rotatable bonds is 14. The van der Waals surface area contributed by atoms with E-state index >= 15 is 0 Å².